The molecule has 110 heavy (non-hydrogen) atoms. The molecule has 1 aliphatic rings. The molecule has 0 saturated carbocycles. The van der Waals surface area contributed by atoms with Crippen molar-refractivity contribution in [2.75, 3.05) is 20.3 Å². The molecule has 5 heterocycles. The fourth-order valence-corrected chi connectivity index (χ4v) is 11.5. The van der Waals surface area contributed by atoms with Gasteiger partial charge in [-0.3, -0.25) is 9.97 Å². The van der Waals surface area contributed by atoms with Crippen molar-refractivity contribution in [2.24, 2.45) is 7.05 Å². The molecule has 7 nitrogen and oxygen atoms in total. The molecule has 0 spiro atoms. The molecule has 0 saturated heterocycles. The van der Waals surface area contributed by atoms with Crippen molar-refractivity contribution in [3.05, 3.63) is 317 Å². The number of H-pyrrole nitrogens is 1. The van der Waals surface area contributed by atoms with Gasteiger partial charge in [-0.15, -0.1) is 11.6 Å². The van der Waals surface area contributed by atoms with Crippen LogP contribution in [0.25, 0.3) is 43.5 Å². The number of ether oxygens (including phenoxy) is 3. The Balaban J connectivity index is 0.000000221. The van der Waals surface area contributed by atoms with Crippen LogP contribution in [0, 0.1) is 11.6 Å². The quantitative estimate of drug-likeness (QED) is 0.174. The smallest absolute Gasteiger partial charge is 0.231 e. The minimum absolute atomic E-state index is 0.130. The number of para-hydroxylation sites is 3. The number of fused-ring (bicyclic) bond motifs is 5. The summed E-state index contributed by atoms with van der Waals surface area (Å²) >= 11 is 4.64. The van der Waals surface area contributed by atoms with Crippen LogP contribution in [0.2, 0.25) is 0 Å². The van der Waals surface area contributed by atoms with E-state index >= 15 is 0 Å². The molecule has 0 bridgehead atoms. The van der Waals surface area contributed by atoms with Crippen molar-refractivity contribution in [3.63, 3.8) is 0 Å². The molecule has 0 amide bonds. The van der Waals surface area contributed by atoms with Gasteiger partial charge in [-0.25, -0.2) is 8.78 Å². The highest BCUT2D eigenvalue weighted by Crippen LogP contribution is 2.35. The molecule has 586 valence electrons. The number of methoxy groups -OCH3 is 1. The second-order valence-electron chi connectivity index (χ2n) is 34.0. The SMILES string of the molecule is CC(C)(C)c1ccc(F)c(F)c1.CC(C)(C)c1ccc2ccccc2c1.CC(C)(C)c1cccnc1.CC(C)(C)c1cnc2ccccc2c1.CC(C)c1c[nH]c2ccccc12.CC(C)c1ccc2c(c1)OCO2.CC(C)c1ccccc1.CC(C)c1cn(C)c2ccccc12.CCl.COc1ccc(C(C)(C)C)cc1. The standard InChI is InChI=1S/C14H16.C13H15N.C12H15N.C11H13N.C11H16O.C10H12F2.C10H12O2.C9H13N.C9H12.CH3Cl/c1-14(2,3)13-9-8-11-6-4-5-7-12(11)10-13;1-13(2,3)11-8-10-6-4-5-7-12(10)14-9-11;1-9(2)11-8-13(3)12-7-5-4-6-10(11)12;1-8(2)10-7-12-11-6-4-3-5-9(10)11;1-11(2,3)9-5-7-10(12-4)8-6-9;1-10(2,3)7-4-5-8(11)9(12)6-7;1-7(2)8-3-4-9-10(5-8)12-6-11-9;1-9(2,3)8-5-4-6-10-7-8;1-8(2)9-6-4-3-5-7-9;1-2/h4-10H,1-3H3;4-9H,1-3H3;4-9H,1-3H3;3-8,12H,1-2H3;5-8H,1-4H3;4-6H,1-3H3;3-5,7H,6H2,1-2H3;4-7H,1-3H3;3-8H,1-2H3;1H3. The average Bonchev–Trinajstić information content (AvgIpc) is 1.54. The molecule has 0 atom stereocenters. The fraction of sp³-hybridized carbons (Fsp3) is 0.360. The molecule has 0 radical (unpaired) electrons. The number of rotatable bonds is 5. The molecule has 1 N–H and O–H groups in total. The summed E-state index contributed by atoms with van der Waals surface area (Å²) in [6, 6.07) is 75.6. The Morgan fingerprint density at radius 3 is 1.45 bits per heavy atom. The number of pyridine rings is 2. The third kappa shape index (κ3) is 29.0. The van der Waals surface area contributed by atoms with E-state index in [4.69, 9.17) is 14.2 Å². The molecule has 0 fully saturated rings. The van der Waals surface area contributed by atoms with E-state index in [0.717, 1.165) is 34.4 Å². The maximum Gasteiger partial charge on any atom is 0.231 e. The van der Waals surface area contributed by atoms with Crippen LogP contribution in [0.1, 0.15) is 233 Å². The molecule has 0 unspecified atom stereocenters. The van der Waals surface area contributed by atoms with Gasteiger partial charge in [0.2, 0.25) is 6.79 Å². The minimum Gasteiger partial charge on any atom is -0.497 e. The fourth-order valence-electron chi connectivity index (χ4n) is 11.5. The average molecular weight is 1510 g/mol. The number of nitrogens with one attached hydrogen (secondary N) is 1. The highest BCUT2D eigenvalue weighted by Gasteiger charge is 2.19. The van der Waals surface area contributed by atoms with Crippen LogP contribution in [0.3, 0.4) is 0 Å². The predicted molar refractivity (Wildman–Crippen MR) is 471 cm³/mol. The maximum atomic E-state index is 12.7. The molecule has 0 aliphatic carbocycles. The Labute approximate surface area is 665 Å². The van der Waals surface area contributed by atoms with Crippen LogP contribution in [-0.4, -0.2) is 39.8 Å². The highest BCUT2D eigenvalue weighted by atomic mass is 35.5. The molecule has 13 aromatic rings. The maximum absolute atomic E-state index is 12.7. The Kier molecular flexibility index (Phi) is 35.2. The first-order valence-electron chi connectivity index (χ1n) is 38.5. The second-order valence-corrected chi connectivity index (χ2v) is 34.0. The zero-order valence-electron chi connectivity index (χ0n) is 71.0. The van der Waals surface area contributed by atoms with Crippen LogP contribution < -0.4 is 14.2 Å². The minimum atomic E-state index is -0.789. The second kappa shape index (κ2) is 42.6. The van der Waals surface area contributed by atoms with E-state index in [1.165, 1.54) is 94.9 Å². The van der Waals surface area contributed by atoms with Crippen LogP contribution >= 0.6 is 11.6 Å². The third-order valence-corrected chi connectivity index (χ3v) is 18.7. The molecule has 10 heteroatoms. The summed E-state index contributed by atoms with van der Waals surface area (Å²) in [5.74, 6) is 3.49. The van der Waals surface area contributed by atoms with E-state index in [2.05, 4.69) is 347 Å². The number of hydrogen-bond acceptors (Lipinski definition) is 5. The van der Waals surface area contributed by atoms with Crippen molar-refractivity contribution >= 4 is 55.1 Å². The first kappa shape index (κ1) is 91.0. The van der Waals surface area contributed by atoms with Crippen molar-refractivity contribution in [3.8, 4) is 17.2 Å². The summed E-state index contributed by atoms with van der Waals surface area (Å²) in [7, 11) is 3.79. The molecular weight excluding hydrogens is 1380 g/mol. The third-order valence-electron chi connectivity index (χ3n) is 18.7. The van der Waals surface area contributed by atoms with Crippen molar-refractivity contribution in [1.29, 1.82) is 0 Å². The summed E-state index contributed by atoms with van der Waals surface area (Å²) in [4.78, 5) is 11.8. The van der Waals surface area contributed by atoms with E-state index in [9.17, 15) is 8.78 Å². The summed E-state index contributed by atoms with van der Waals surface area (Å²) in [5.41, 5.74) is 16.1. The van der Waals surface area contributed by atoms with Gasteiger partial charge < -0.3 is 23.8 Å². The predicted octanol–water partition coefficient (Wildman–Crippen LogP) is 29.1. The Bertz CT molecular complexity index is 4740. The highest BCUT2D eigenvalue weighted by molar-refractivity contribution is 6.15. The van der Waals surface area contributed by atoms with Crippen molar-refractivity contribution in [1.82, 2.24) is 19.5 Å². The number of aryl methyl sites for hydroxylation is 1. The first-order valence-corrected chi connectivity index (χ1v) is 39.3. The molecular formula is C100H127ClF2N4O3. The molecule has 9 aromatic carbocycles. The van der Waals surface area contributed by atoms with Gasteiger partial charge in [-0.05, 0) is 178 Å². The van der Waals surface area contributed by atoms with E-state index in [1.807, 2.05) is 81.7 Å². The van der Waals surface area contributed by atoms with Gasteiger partial charge in [0, 0.05) is 71.6 Å². The lowest BCUT2D eigenvalue weighted by atomic mass is 9.86. The zero-order valence-corrected chi connectivity index (χ0v) is 71.7. The summed E-state index contributed by atoms with van der Waals surface area (Å²) in [6.07, 6.45) is 11.5. The Hall–Kier alpha value is -9.57. The largest absolute Gasteiger partial charge is 0.497 e. The van der Waals surface area contributed by atoms with E-state index in [-0.39, 0.29) is 27.1 Å². The monoisotopic (exact) mass is 1500 g/mol. The van der Waals surface area contributed by atoms with Gasteiger partial charge in [-0.2, -0.15) is 0 Å². The van der Waals surface area contributed by atoms with Crippen molar-refractivity contribution < 1.29 is 23.0 Å². The summed E-state index contributed by atoms with van der Waals surface area (Å²) in [6.45, 7) is 50.4. The normalized spacial score (nSPS) is 11.6. The van der Waals surface area contributed by atoms with Crippen molar-refractivity contribution in [2.45, 2.75) is 210 Å². The van der Waals surface area contributed by atoms with Crippen LogP contribution in [0.15, 0.2) is 255 Å². The number of benzene rings is 9. The zero-order chi connectivity index (χ0) is 81.7. The summed E-state index contributed by atoms with van der Waals surface area (Å²) in [5, 5.41) is 6.62. The van der Waals surface area contributed by atoms with Gasteiger partial charge in [0.15, 0.2) is 23.1 Å². The van der Waals surface area contributed by atoms with Gasteiger partial charge in [0.05, 0.1) is 12.6 Å². The van der Waals surface area contributed by atoms with Gasteiger partial charge in [0.25, 0.3) is 0 Å². The Morgan fingerprint density at radius 2 is 0.918 bits per heavy atom. The number of aromatic nitrogens is 4. The molecule has 14 rings (SSSR count). The molecule has 4 aromatic heterocycles. The van der Waals surface area contributed by atoms with Gasteiger partial charge >= 0.3 is 0 Å². The van der Waals surface area contributed by atoms with E-state index in [0.29, 0.717) is 30.5 Å². The van der Waals surface area contributed by atoms with Crippen LogP contribution in [0.5, 0.6) is 17.2 Å². The number of halogens is 3. The number of aromatic amines is 1. The van der Waals surface area contributed by atoms with E-state index in [1.54, 1.807) is 19.4 Å². The topological polar surface area (TPSA) is 74.2 Å². The lowest BCUT2D eigenvalue weighted by molar-refractivity contribution is 0.174. The number of alkyl halides is 1. The summed E-state index contributed by atoms with van der Waals surface area (Å²) < 4.78 is 43.0. The van der Waals surface area contributed by atoms with Crippen LogP contribution in [-0.2, 0) is 34.1 Å². The van der Waals surface area contributed by atoms with Gasteiger partial charge in [-0.1, -0.05) is 317 Å². The first-order chi connectivity index (χ1) is 51.8. The van der Waals surface area contributed by atoms with Gasteiger partial charge in [0.1, 0.15) is 5.75 Å². The lowest BCUT2D eigenvalue weighted by Crippen LogP contribution is -2.11. The van der Waals surface area contributed by atoms with Crippen LogP contribution in [0.4, 0.5) is 8.78 Å². The molecule has 1 aliphatic heterocycles. The lowest BCUT2D eigenvalue weighted by Gasteiger charge is -2.19. The Morgan fingerprint density at radius 1 is 0.418 bits per heavy atom. The van der Waals surface area contributed by atoms with E-state index < -0.39 is 11.6 Å². The number of hydrogen-bond donors (Lipinski definition) is 1. The number of nitrogens with zero attached hydrogens (tertiary/aromatic N) is 3.